The quantitative estimate of drug-likeness (QED) is 0.866. The van der Waals surface area contributed by atoms with Crippen LogP contribution in [-0.2, 0) is 0 Å². The zero-order valence-corrected chi connectivity index (χ0v) is 11.4. The van der Waals surface area contributed by atoms with Crippen molar-refractivity contribution in [2.24, 2.45) is 5.92 Å². The molecular formula is C15H21N3. The topological polar surface area (TPSA) is 37.8 Å². The van der Waals surface area contributed by atoms with Crippen molar-refractivity contribution in [1.82, 2.24) is 10.2 Å². The van der Waals surface area contributed by atoms with Crippen LogP contribution in [0.1, 0.15) is 33.6 Å². The second-order valence-corrected chi connectivity index (χ2v) is 5.07. The molecule has 0 aliphatic heterocycles. The third-order valence-corrected chi connectivity index (χ3v) is 3.40. The van der Waals surface area contributed by atoms with Crippen molar-refractivity contribution in [3.05, 3.63) is 30.5 Å². The molecule has 0 saturated heterocycles. The maximum Gasteiger partial charge on any atom is 0.0950 e. The van der Waals surface area contributed by atoms with Crippen LogP contribution < -0.4 is 5.32 Å². The SMILES string of the molecule is CCC(C)CC(C)Nc1cnnc2ccccc12. The van der Waals surface area contributed by atoms with Crippen molar-refractivity contribution in [2.45, 2.75) is 39.7 Å². The van der Waals surface area contributed by atoms with Crippen LogP contribution in [0.5, 0.6) is 0 Å². The summed E-state index contributed by atoms with van der Waals surface area (Å²) >= 11 is 0. The van der Waals surface area contributed by atoms with Gasteiger partial charge in [0.05, 0.1) is 17.4 Å². The van der Waals surface area contributed by atoms with Gasteiger partial charge >= 0.3 is 0 Å². The van der Waals surface area contributed by atoms with Gasteiger partial charge in [0.2, 0.25) is 0 Å². The van der Waals surface area contributed by atoms with E-state index in [9.17, 15) is 0 Å². The number of hydrogen-bond acceptors (Lipinski definition) is 3. The highest BCUT2D eigenvalue weighted by molar-refractivity contribution is 5.90. The molecule has 1 N–H and O–H groups in total. The van der Waals surface area contributed by atoms with Gasteiger partial charge in [-0.05, 0) is 25.3 Å². The Bertz CT molecular complexity index is 505. The highest BCUT2D eigenvalue weighted by Crippen LogP contribution is 2.22. The molecule has 0 saturated carbocycles. The van der Waals surface area contributed by atoms with Crippen molar-refractivity contribution in [2.75, 3.05) is 5.32 Å². The van der Waals surface area contributed by atoms with E-state index in [1.165, 1.54) is 12.8 Å². The standard InChI is InChI=1S/C15H21N3/c1-4-11(2)9-12(3)17-15-10-16-18-14-8-6-5-7-13(14)15/h5-8,10-12H,4,9H2,1-3H3,(H,17,18). The van der Waals surface area contributed by atoms with Gasteiger partial charge in [-0.3, -0.25) is 0 Å². The Morgan fingerprint density at radius 2 is 2.00 bits per heavy atom. The number of nitrogens with one attached hydrogen (secondary N) is 1. The van der Waals surface area contributed by atoms with Gasteiger partial charge in [-0.2, -0.15) is 10.2 Å². The van der Waals surface area contributed by atoms with Crippen LogP contribution in [0.4, 0.5) is 5.69 Å². The second kappa shape index (κ2) is 5.80. The van der Waals surface area contributed by atoms with E-state index in [1.54, 1.807) is 0 Å². The van der Waals surface area contributed by atoms with Gasteiger partial charge in [0, 0.05) is 11.4 Å². The van der Waals surface area contributed by atoms with E-state index in [0.29, 0.717) is 6.04 Å². The summed E-state index contributed by atoms with van der Waals surface area (Å²) in [5.41, 5.74) is 2.02. The number of rotatable bonds is 5. The summed E-state index contributed by atoms with van der Waals surface area (Å²) in [7, 11) is 0. The Balaban J connectivity index is 2.16. The van der Waals surface area contributed by atoms with Gasteiger partial charge < -0.3 is 5.32 Å². The van der Waals surface area contributed by atoms with Crippen LogP contribution in [0.15, 0.2) is 30.5 Å². The van der Waals surface area contributed by atoms with Gasteiger partial charge in [-0.1, -0.05) is 38.5 Å². The van der Waals surface area contributed by atoms with Crippen molar-refractivity contribution >= 4 is 16.6 Å². The molecule has 0 spiro atoms. The fourth-order valence-corrected chi connectivity index (χ4v) is 2.22. The molecular weight excluding hydrogens is 222 g/mol. The van der Waals surface area contributed by atoms with Crippen molar-refractivity contribution < 1.29 is 0 Å². The average molecular weight is 243 g/mol. The van der Waals surface area contributed by atoms with E-state index >= 15 is 0 Å². The minimum atomic E-state index is 0.451. The molecule has 2 aromatic rings. The van der Waals surface area contributed by atoms with Crippen LogP contribution >= 0.6 is 0 Å². The summed E-state index contributed by atoms with van der Waals surface area (Å²) in [6.07, 6.45) is 4.21. The molecule has 2 atom stereocenters. The Morgan fingerprint density at radius 3 is 2.78 bits per heavy atom. The lowest BCUT2D eigenvalue weighted by Crippen LogP contribution is -2.18. The summed E-state index contributed by atoms with van der Waals surface area (Å²) < 4.78 is 0. The largest absolute Gasteiger partial charge is 0.381 e. The molecule has 96 valence electrons. The number of hydrogen-bond donors (Lipinski definition) is 1. The van der Waals surface area contributed by atoms with Gasteiger partial charge in [-0.15, -0.1) is 0 Å². The molecule has 0 fully saturated rings. The third-order valence-electron chi connectivity index (χ3n) is 3.40. The van der Waals surface area contributed by atoms with Crippen LogP contribution in [-0.4, -0.2) is 16.2 Å². The molecule has 1 aromatic heterocycles. The lowest BCUT2D eigenvalue weighted by molar-refractivity contribution is 0.484. The average Bonchev–Trinajstić information content (AvgIpc) is 2.39. The zero-order chi connectivity index (χ0) is 13.0. The van der Waals surface area contributed by atoms with Crippen LogP contribution in [0.2, 0.25) is 0 Å². The molecule has 2 unspecified atom stereocenters. The van der Waals surface area contributed by atoms with Crippen LogP contribution in [0.3, 0.4) is 0 Å². The molecule has 3 heteroatoms. The van der Waals surface area contributed by atoms with E-state index in [1.807, 2.05) is 24.4 Å². The normalized spacial score (nSPS) is 14.4. The van der Waals surface area contributed by atoms with E-state index < -0.39 is 0 Å². The fourth-order valence-electron chi connectivity index (χ4n) is 2.22. The van der Waals surface area contributed by atoms with Gasteiger partial charge in [0.15, 0.2) is 0 Å². The summed E-state index contributed by atoms with van der Waals surface area (Å²) in [6.45, 7) is 6.75. The minimum absolute atomic E-state index is 0.451. The smallest absolute Gasteiger partial charge is 0.0950 e. The Kier molecular flexibility index (Phi) is 4.13. The Labute approximate surface area is 109 Å². The predicted octanol–water partition coefficient (Wildman–Crippen LogP) is 3.87. The van der Waals surface area contributed by atoms with Crippen LogP contribution in [0, 0.1) is 5.92 Å². The molecule has 2 rings (SSSR count). The number of nitrogens with zero attached hydrogens (tertiary/aromatic N) is 2. The summed E-state index contributed by atoms with van der Waals surface area (Å²) in [4.78, 5) is 0. The highest BCUT2D eigenvalue weighted by Gasteiger charge is 2.09. The zero-order valence-electron chi connectivity index (χ0n) is 11.4. The van der Waals surface area contributed by atoms with Crippen molar-refractivity contribution in [1.29, 1.82) is 0 Å². The lowest BCUT2D eigenvalue weighted by atomic mass is 10.00. The number of aromatic nitrogens is 2. The molecule has 0 aliphatic carbocycles. The Morgan fingerprint density at radius 1 is 1.22 bits per heavy atom. The third kappa shape index (κ3) is 2.97. The first-order valence-electron chi connectivity index (χ1n) is 6.67. The van der Waals surface area contributed by atoms with Gasteiger partial charge in [0.25, 0.3) is 0 Å². The lowest BCUT2D eigenvalue weighted by Gasteiger charge is -2.19. The summed E-state index contributed by atoms with van der Waals surface area (Å²) in [5, 5.41) is 12.9. The van der Waals surface area contributed by atoms with Crippen LogP contribution in [0.25, 0.3) is 10.9 Å². The molecule has 3 nitrogen and oxygen atoms in total. The van der Waals surface area contributed by atoms with Crippen molar-refractivity contribution in [3.8, 4) is 0 Å². The number of anilines is 1. The molecule has 18 heavy (non-hydrogen) atoms. The first-order valence-corrected chi connectivity index (χ1v) is 6.67. The first-order chi connectivity index (χ1) is 8.70. The molecule has 1 aromatic carbocycles. The monoisotopic (exact) mass is 243 g/mol. The first kappa shape index (κ1) is 12.8. The number of fused-ring (bicyclic) bond motifs is 1. The van der Waals surface area contributed by atoms with Gasteiger partial charge in [-0.25, -0.2) is 0 Å². The maximum absolute atomic E-state index is 4.14. The summed E-state index contributed by atoms with van der Waals surface area (Å²) in [6, 6.07) is 8.56. The van der Waals surface area contributed by atoms with E-state index in [0.717, 1.165) is 22.5 Å². The minimum Gasteiger partial charge on any atom is -0.381 e. The highest BCUT2D eigenvalue weighted by atomic mass is 15.1. The van der Waals surface area contributed by atoms with E-state index in [4.69, 9.17) is 0 Å². The second-order valence-electron chi connectivity index (χ2n) is 5.07. The van der Waals surface area contributed by atoms with E-state index in [2.05, 4.69) is 42.4 Å². The van der Waals surface area contributed by atoms with Crippen molar-refractivity contribution in [3.63, 3.8) is 0 Å². The summed E-state index contributed by atoms with van der Waals surface area (Å²) in [5.74, 6) is 0.744. The molecule has 0 bridgehead atoms. The maximum atomic E-state index is 4.14. The molecule has 0 amide bonds. The molecule has 0 aliphatic rings. The Hall–Kier alpha value is -1.64. The fraction of sp³-hybridized carbons (Fsp3) is 0.467. The number of benzene rings is 1. The predicted molar refractivity (Wildman–Crippen MR) is 76.7 cm³/mol. The molecule has 0 radical (unpaired) electrons. The molecule has 1 heterocycles. The van der Waals surface area contributed by atoms with E-state index in [-0.39, 0.29) is 0 Å². The van der Waals surface area contributed by atoms with Gasteiger partial charge in [0.1, 0.15) is 0 Å².